The standard InChI is InChI=1S/C20H21F3N2O3/c1-27-17-8-2-14(3-9-17)12-25(16-6-7-16)13-19(26)24-15-4-10-18(11-5-15)28-20(21,22)23/h2-5,8-11,16H,6-7,12-13H2,1H3,(H,24,26). The van der Waals surface area contributed by atoms with Crippen molar-refractivity contribution in [3.05, 3.63) is 54.1 Å². The first-order valence-electron chi connectivity index (χ1n) is 8.85. The first-order chi connectivity index (χ1) is 13.3. The highest BCUT2D eigenvalue weighted by molar-refractivity contribution is 5.92. The lowest BCUT2D eigenvalue weighted by molar-refractivity contribution is -0.274. The molecule has 0 heterocycles. The number of rotatable bonds is 8. The third-order valence-corrected chi connectivity index (χ3v) is 4.33. The van der Waals surface area contributed by atoms with E-state index in [0.717, 1.165) is 24.2 Å². The van der Waals surface area contributed by atoms with Crippen LogP contribution in [0.1, 0.15) is 18.4 Å². The van der Waals surface area contributed by atoms with Gasteiger partial charge in [0.15, 0.2) is 0 Å². The maximum absolute atomic E-state index is 12.4. The predicted octanol–water partition coefficient (Wildman–Crippen LogP) is 4.20. The lowest BCUT2D eigenvalue weighted by Gasteiger charge is -2.21. The summed E-state index contributed by atoms with van der Waals surface area (Å²) in [6.07, 6.45) is -2.64. The molecule has 5 nitrogen and oxygen atoms in total. The highest BCUT2D eigenvalue weighted by atomic mass is 19.4. The molecule has 1 aliphatic rings. The average Bonchev–Trinajstić information content (AvgIpc) is 3.47. The number of nitrogens with zero attached hydrogens (tertiary/aromatic N) is 1. The normalized spacial score (nSPS) is 14.0. The molecule has 0 saturated heterocycles. The van der Waals surface area contributed by atoms with Crippen molar-refractivity contribution in [1.82, 2.24) is 4.90 Å². The summed E-state index contributed by atoms with van der Waals surface area (Å²) in [5.41, 5.74) is 1.49. The number of alkyl halides is 3. The van der Waals surface area contributed by atoms with Crippen LogP contribution in [0.5, 0.6) is 11.5 Å². The van der Waals surface area contributed by atoms with Crippen LogP contribution in [-0.2, 0) is 11.3 Å². The van der Waals surface area contributed by atoms with E-state index in [4.69, 9.17) is 4.74 Å². The van der Waals surface area contributed by atoms with Gasteiger partial charge in [0.25, 0.3) is 0 Å². The summed E-state index contributed by atoms with van der Waals surface area (Å²) in [6.45, 7) is 0.845. The van der Waals surface area contributed by atoms with Gasteiger partial charge in [0, 0.05) is 18.3 Å². The largest absolute Gasteiger partial charge is 0.573 e. The Morgan fingerprint density at radius 1 is 1.07 bits per heavy atom. The molecule has 2 aromatic carbocycles. The third kappa shape index (κ3) is 6.16. The number of anilines is 1. The van der Waals surface area contributed by atoms with E-state index in [2.05, 4.69) is 15.0 Å². The van der Waals surface area contributed by atoms with Crippen molar-refractivity contribution in [2.75, 3.05) is 19.0 Å². The maximum Gasteiger partial charge on any atom is 0.573 e. The Hall–Kier alpha value is -2.74. The van der Waals surface area contributed by atoms with Gasteiger partial charge >= 0.3 is 6.36 Å². The minimum absolute atomic E-state index is 0.206. The van der Waals surface area contributed by atoms with E-state index in [1.54, 1.807) is 7.11 Å². The van der Waals surface area contributed by atoms with Crippen molar-refractivity contribution in [2.24, 2.45) is 0 Å². The molecule has 2 aromatic rings. The average molecular weight is 394 g/mol. The van der Waals surface area contributed by atoms with Gasteiger partial charge in [-0.1, -0.05) is 12.1 Å². The molecule has 0 aliphatic heterocycles. The van der Waals surface area contributed by atoms with Crippen LogP contribution in [0.25, 0.3) is 0 Å². The van der Waals surface area contributed by atoms with Gasteiger partial charge in [-0.05, 0) is 54.8 Å². The van der Waals surface area contributed by atoms with Gasteiger partial charge in [-0.15, -0.1) is 13.2 Å². The number of hydrogen-bond donors (Lipinski definition) is 1. The molecule has 0 spiro atoms. The fourth-order valence-electron chi connectivity index (χ4n) is 2.84. The van der Waals surface area contributed by atoms with Crippen LogP contribution in [-0.4, -0.2) is 36.9 Å². The van der Waals surface area contributed by atoms with Gasteiger partial charge in [0.2, 0.25) is 5.91 Å². The van der Waals surface area contributed by atoms with Gasteiger partial charge in [-0.3, -0.25) is 9.69 Å². The van der Waals surface area contributed by atoms with Gasteiger partial charge < -0.3 is 14.8 Å². The molecule has 1 saturated carbocycles. The van der Waals surface area contributed by atoms with Crippen molar-refractivity contribution < 1.29 is 27.4 Å². The lowest BCUT2D eigenvalue weighted by atomic mass is 10.2. The molecule has 0 atom stereocenters. The second kappa shape index (κ2) is 8.52. The number of carbonyl (C=O) groups is 1. The van der Waals surface area contributed by atoms with Crippen molar-refractivity contribution in [3.63, 3.8) is 0 Å². The molecule has 1 N–H and O–H groups in total. The Bertz CT molecular complexity index is 788. The van der Waals surface area contributed by atoms with Gasteiger partial charge in [0.05, 0.1) is 13.7 Å². The summed E-state index contributed by atoms with van der Waals surface area (Å²) in [4.78, 5) is 14.5. The monoisotopic (exact) mass is 394 g/mol. The van der Waals surface area contributed by atoms with Crippen LogP contribution < -0.4 is 14.8 Å². The molecule has 150 valence electrons. The second-order valence-electron chi connectivity index (χ2n) is 6.60. The number of nitrogens with one attached hydrogen (secondary N) is 1. The molecule has 3 rings (SSSR count). The molecule has 0 aromatic heterocycles. The van der Waals surface area contributed by atoms with Crippen molar-refractivity contribution in [3.8, 4) is 11.5 Å². The molecule has 0 bridgehead atoms. The number of halogens is 3. The number of methoxy groups -OCH3 is 1. The van der Waals surface area contributed by atoms with Crippen LogP contribution in [0.3, 0.4) is 0 Å². The highest BCUT2D eigenvalue weighted by Crippen LogP contribution is 2.29. The molecule has 8 heteroatoms. The maximum atomic E-state index is 12.4. The van der Waals surface area contributed by atoms with Gasteiger partial charge in [-0.2, -0.15) is 0 Å². The molecule has 1 fully saturated rings. The fraction of sp³-hybridized carbons (Fsp3) is 0.350. The topological polar surface area (TPSA) is 50.8 Å². The van der Waals surface area contributed by atoms with E-state index in [1.165, 1.54) is 24.3 Å². The molecular formula is C20H21F3N2O3. The lowest BCUT2D eigenvalue weighted by Crippen LogP contribution is -2.34. The van der Waals surface area contributed by atoms with Crippen LogP contribution in [0.15, 0.2) is 48.5 Å². The Labute approximate surface area is 161 Å². The number of hydrogen-bond acceptors (Lipinski definition) is 4. The Morgan fingerprint density at radius 2 is 1.68 bits per heavy atom. The number of ether oxygens (including phenoxy) is 2. The SMILES string of the molecule is COc1ccc(CN(CC(=O)Nc2ccc(OC(F)(F)F)cc2)C2CC2)cc1. The first-order valence-corrected chi connectivity index (χ1v) is 8.85. The zero-order valence-electron chi connectivity index (χ0n) is 15.3. The highest BCUT2D eigenvalue weighted by Gasteiger charge is 2.31. The molecule has 0 radical (unpaired) electrons. The minimum Gasteiger partial charge on any atom is -0.497 e. The molecule has 28 heavy (non-hydrogen) atoms. The summed E-state index contributed by atoms with van der Waals surface area (Å²) >= 11 is 0. The van der Waals surface area contributed by atoms with E-state index >= 15 is 0 Å². The van der Waals surface area contributed by atoms with Crippen molar-refractivity contribution in [2.45, 2.75) is 31.8 Å². The molecule has 1 aliphatic carbocycles. The second-order valence-corrected chi connectivity index (χ2v) is 6.60. The number of benzene rings is 2. The Kier molecular flexibility index (Phi) is 6.08. The first kappa shape index (κ1) is 20.0. The Morgan fingerprint density at radius 3 is 2.21 bits per heavy atom. The summed E-state index contributed by atoms with van der Waals surface area (Å²) in [5, 5.41) is 2.71. The molecule has 1 amide bonds. The van der Waals surface area contributed by atoms with Gasteiger partial charge in [0.1, 0.15) is 11.5 Å². The Balaban J connectivity index is 1.55. The third-order valence-electron chi connectivity index (χ3n) is 4.33. The van der Waals surface area contributed by atoms with E-state index in [-0.39, 0.29) is 18.2 Å². The van der Waals surface area contributed by atoms with Crippen LogP contribution in [0, 0.1) is 0 Å². The molecular weight excluding hydrogens is 373 g/mol. The van der Waals surface area contributed by atoms with Gasteiger partial charge in [-0.25, -0.2) is 0 Å². The van der Waals surface area contributed by atoms with Crippen LogP contribution in [0.4, 0.5) is 18.9 Å². The molecule has 0 unspecified atom stereocenters. The van der Waals surface area contributed by atoms with Crippen molar-refractivity contribution in [1.29, 1.82) is 0 Å². The summed E-state index contributed by atoms with van der Waals surface area (Å²) in [5.74, 6) is 0.229. The fourth-order valence-corrected chi connectivity index (χ4v) is 2.84. The summed E-state index contributed by atoms with van der Waals surface area (Å²) in [6, 6.07) is 13.1. The van der Waals surface area contributed by atoms with E-state index in [1.807, 2.05) is 24.3 Å². The predicted molar refractivity (Wildman–Crippen MR) is 98.2 cm³/mol. The van der Waals surface area contributed by atoms with Crippen molar-refractivity contribution >= 4 is 11.6 Å². The minimum atomic E-state index is -4.74. The summed E-state index contributed by atoms with van der Waals surface area (Å²) in [7, 11) is 1.61. The van der Waals surface area contributed by atoms with Crippen LogP contribution >= 0.6 is 0 Å². The van der Waals surface area contributed by atoms with E-state index in [0.29, 0.717) is 18.3 Å². The van der Waals surface area contributed by atoms with E-state index in [9.17, 15) is 18.0 Å². The zero-order valence-corrected chi connectivity index (χ0v) is 15.3. The zero-order chi connectivity index (χ0) is 20.1. The summed E-state index contributed by atoms with van der Waals surface area (Å²) < 4.78 is 45.6. The number of amides is 1. The number of carbonyl (C=O) groups excluding carboxylic acids is 1. The quantitative estimate of drug-likeness (QED) is 0.729. The van der Waals surface area contributed by atoms with E-state index < -0.39 is 6.36 Å². The van der Waals surface area contributed by atoms with Crippen LogP contribution in [0.2, 0.25) is 0 Å². The smallest absolute Gasteiger partial charge is 0.497 e.